The molecule has 0 unspecified atom stereocenters. The lowest BCUT2D eigenvalue weighted by Crippen LogP contribution is -2.52. The lowest BCUT2D eigenvalue weighted by Gasteiger charge is -2.42. The van der Waals surface area contributed by atoms with E-state index in [0.29, 0.717) is 22.5 Å². The second-order valence-electron chi connectivity index (χ2n) is 6.91. The summed E-state index contributed by atoms with van der Waals surface area (Å²) in [5.74, 6) is 0.811. The number of carbonyl (C=O) groups excluding carboxylic acids is 1. The Morgan fingerprint density at radius 2 is 1.87 bits per heavy atom. The van der Waals surface area contributed by atoms with Gasteiger partial charge in [0.1, 0.15) is 4.88 Å². The molecule has 2 aliphatic heterocycles. The number of hydrogen-bond donors (Lipinski definition) is 1. The van der Waals surface area contributed by atoms with E-state index in [1.807, 2.05) is 16.3 Å². The maximum atomic E-state index is 12.5. The van der Waals surface area contributed by atoms with Gasteiger partial charge in [0.2, 0.25) is 0 Å². The molecular weight excluding hydrogens is 308 g/mol. The monoisotopic (exact) mass is 336 g/mol. The third-order valence-electron chi connectivity index (χ3n) is 5.51. The summed E-state index contributed by atoms with van der Waals surface area (Å²) in [6, 6.07) is 2.44. The molecular formula is C17H28N4OS. The number of nitrogens with zero attached hydrogens (tertiary/aromatic N) is 3. The van der Waals surface area contributed by atoms with Crippen LogP contribution in [0.15, 0.2) is 11.4 Å². The number of carbonyl (C=O) groups is 1. The highest BCUT2D eigenvalue weighted by Crippen LogP contribution is 2.27. The van der Waals surface area contributed by atoms with Crippen molar-refractivity contribution in [3.05, 3.63) is 16.3 Å². The molecule has 1 atom stereocenters. The van der Waals surface area contributed by atoms with Gasteiger partial charge in [0, 0.05) is 45.3 Å². The second-order valence-corrected chi connectivity index (χ2v) is 7.83. The Labute approximate surface area is 143 Å². The topological polar surface area (TPSA) is 52.8 Å². The molecule has 0 bridgehead atoms. The molecule has 0 spiro atoms. The van der Waals surface area contributed by atoms with E-state index in [1.165, 1.54) is 37.5 Å². The van der Waals surface area contributed by atoms with Crippen LogP contribution in [0.25, 0.3) is 0 Å². The van der Waals surface area contributed by atoms with Gasteiger partial charge in [-0.3, -0.25) is 9.69 Å². The molecule has 0 radical (unpaired) electrons. The summed E-state index contributed by atoms with van der Waals surface area (Å²) in [4.78, 5) is 20.2. The Morgan fingerprint density at radius 1 is 1.22 bits per heavy atom. The number of amides is 1. The molecule has 3 rings (SSSR count). The van der Waals surface area contributed by atoms with Gasteiger partial charge in [-0.15, -0.1) is 11.3 Å². The van der Waals surface area contributed by atoms with Crippen LogP contribution in [0, 0.1) is 5.92 Å². The number of likely N-dealkylation sites (tertiary alicyclic amines) is 1. The van der Waals surface area contributed by atoms with Crippen molar-refractivity contribution in [3.63, 3.8) is 0 Å². The number of thiophene rings is 1. The minimum absolute atomic E-state index is 0.114. The zero-order valence-electron chi connectivity index (χ0n) is 14.2. The summed E-state index contributed by atoms with van der Waals surface area (Å²) in [5.41, 5.74) is 6.50. The van der Waals surface area contributed by atoms with Gasteiger partial charge in [0.15, 0.2) is 0 Å². The first-order valence-corrected chi connectivity index (χ1v) is 9.49. The molecule has 6 heteroatoms. The fourth-order valence-electron chi connectivity index (χ4n) is 3.75. The van der Waals surface area contributed by atoms with Crippen molar-refractivity contribution in [2.45, 2.75) is 25.8 Å². The van der Waals surface area contributed by atoms with Crippen LogP contribution in [0.2, 0.25) is 0 Å². The van der Waals surface area contributed by atoms with Crippen molar-refractivity contribution in [1.29, 1.82) is 0 Å². The van der Waals surface area contributed by atoms with Crippen molar-refractivity contribution in [2.75, 3.05) is 52.0 Å². The Morgan fingerprint density at radius 3 is 2.43 bits per heavy atom. The summed E-state index contributed by atoms with van der Waals surface area (Å²) in [6.07, 6.45) is 2.20. The smallest absolute Gasteiger partial charge is 0.266 e. The molecule has 1 aromatic rings. The van der Waals surface area contributed by atoms with Crippen LogP contribution in [0.4, 0.5) is 5.69 Å². The van der Waals surface area contributed by atoms with Gasteiger partial charge in [-0.25, -0.2) is 0 Å². The van der Waals surface area contributed by atoms with Crippen LogP contribution in [0.1, 0.15) is 29.4 Å². The molecule has 23 heavy (non-hydrogen) atoms. The van der Waals surface area contributed by atoms with Crippen molar-refractivity contribution < 1.29 is 4.79 Å². The minimum Gasteiger partial charge on any atom is -0.397 e. The maximum Gasteiger partial charge on any atom is 0.266 e. The van der Waals surface area contributed by atoms with E-state index in [0.717, 1.165) is 25.9 Å². The number of nitrogens with two attached hydrogens (primary N) is 1. The van der Waals surface area contributed by atoms with Gasteiger partial charge in [0.05, 0.1) is 5.69 Å². The number of piperazine rings is 1. The normalized spacial score (nSPS) is 23.1. The molecule has 2 aliphatic rings. The highest BCUT2D eigenvalue weighted by atomic mass is 32.1. The number of piperidine rings is 1. The average Bonchev–Trinajstić information content (AvgIpc) is 3.00. The number of hydrogen-bond acceptors (Lipinski definition) is 5. The lowest BCUT2D eigenvalue weighted by atomic mass is 9.89. The average molecular weight is 337 g/mol. The third kappa shape index (κ3) is 3.70. The van der Waals surface area contributed by atoms with Crippen molar-refractivity contribution in [3.8, 4) is 0 Å². The van der Waals surface area contributed by atoms with Crippen LogP contribution in [0.3, 0.4) is 0 Å². The summed E-state index contributed by atoms with van der Waals surface area (Å²) in [7, 11) is 2.20. The van der Waals surface area contributed by atoms with Gasteiger partial charge in [-0.1, -0.05) is 0 Å². The highest BCUT2D eigenvalue weighted by Gasteiger charge is 2.31. The van der Waals surface area contributed by atoms with Crippen LogP contribution >= 0.6 is 11.3 Å². The Hall–Kier alpha value is -1.11. The van der Waals surface area contributed by atoms with E-state index in [2.05, 4.69) is 23.8 Å². The summed E-state index contributed by atoms with van der Waals surface area (Å²) >= 11 is 1.45. The minimum atomic E-state index is 0.114. The van der Waals surface area contributed by atoms with Gasteiger partial charge < -0.3 is 15.5 Å². The third-order valence-corrected chi connectivity index (χ3v) is 6.43. The SMILES string of the molecule is C[C@H](C1CCN(C(=O)c2sccc2N)CC1)N1CCN(C)CC1. The van der Waals surface area contributed by atoms with Gasteiger partial charge in [-0.2, -0.15) is 0 Å². The van der Waals surface area contributed by atoms with Crippen molar-refractivity contribution >= 4 is 22.9 Å². The molecule has 2 fully saturated rings. The van der Waals surface area contributed by atoms with E-state index in [9.17, 15) is 4.79 Å². The molecule has 1 amide bonds. The molecule has 0 aromatic carbocycles. The Balaban J connectivity index is 1.52. The molecule has 2 saturated heterocycles. The largest absolute Gasteiger partial charge is 0.397 e. The standard InChI is InChI=1S/C17H28N4OS/c1-13(20-10-8-19(2)9-11-20)14-3-6-21(7-4-14)17(22)16-15(18)5-12-23-16/h5,12-14H,3-4,6-11,18H2,1-2H3/t13-/m1/s1. The molecule has 3 heterocycles. The van der Waals surface area contributed by atoms with Gasteiger partial charge >= 0.3 is 0 Å². The van der Waals surface area contributed by atoms with Crippen LogP contribution in [-0.2, 0) is 0 Å². The van der Waals surface area contributed by atoms with E-state index in [4.69, 9.17) is 5.73 Å². The summed E-state index contributed by atoms with van der Waals surface area (Å²) in [5, 5.41) is 1.89. The fourth-order valence-corrected chi connectivity index (χ4v) is 4.53. The van der Waals surface area contributed by atoms with Gasteiger partial charge in [-0.05, 0) is 44.2 Å². The lowest BCUT2D eigenvalue weighted by molar-refractivity contribution is 0.0503. The fraction of sp³-hybridized carbons (Fsp3) is 0.706. The molecule has 5 nitrogen and oxygen atoms in total. The Kier molecular flexibility index (Phi) is 5.24. The number of likely N-dealkylation sites (N-methyl/N-ethyl adjacent to an activating group) is 1. The summed E-state index contributed by atoms with van der Waals surface area (Å²) in [6.45, 7) is 8.76. The number of anilines is 1. The summed E-state index contributed by atoms with van der Waals surface area (Å²) < 4.78 is 0. The molecule has 1 aromatic heterocycles. The van der Waals surface area contributed by atoms with E-state index < -0.39 is 0 Å². The predicted octanol–water partition coefficient (Wildman–Crippen LogP) is 1.82. The first-order valence-electron chi connectivity index (χ1n) is 8.61. The van der Waals surface area contributed by atoms with Crippen molar-refractivity contribution in [1.82, 2.24) is 14.7 Å². The van der Waals surface area contributed by atoms with E-state index in [1.54, 1.807) is 0 Å². The Bertz CT molecular complexity index is 530. The van der Waals surface area contributed by atoms with Crippen LogP contribution in [-0.4, -0.2) is 73.0 Å². The molecule has 2 N–H and O–H groups in total. The zero-order valence-corrected chi connectivity index (χ0v) is 15.0. The zero-order chi connectivity index (χ0) is 16.4. The quantitative estimate of drug-likeness (QED) is 0.915. The maximum absolute atomic E-state index is 12.5. The first-order chi connectivity index (χ1) is 11.1. The first kappa shape index (κ1) is 16.7. The predicted molar refractivity (Wildman–Crippen MR) is 95.9 cm³/mol. The molecule has 0 saturated carbocycles. The second kappa shape index (κ2) is 7.20. The number of rotatable bonds is 3. The van der Waals surface area contributed by atoms with Crippen molar-refractivity contribution in [2.24, 2.45) is 5.92 Å². The molecule has 128 valence electrons. The van der Waals surface area contributed by atoms with E-state index in [-0.39, 0.29) is 5.91 Å². The molecule has 0 aliphatic carbocycles. The van der Waals surface area contributed by atoms with E-state index >= 15 is 0 Å². The van der Waals surface area contributed by atoms with Gasteiger partial charge in [0.25, 0.3) is 5.91 Å². The van der Waals surface area contributed by atoms with Crippen LogP contribution < -0.4 is 5.73 Å². The van der Waals surface area contributed by atoms with Crippen LogP contribution in [0.5, 0.6) is 0 Å². The number of nitrogen functional groups attached to an aromatic ring is 1. The highest BCUT2D eigenvalue weighted by molar-refractivity contribution is 7.12.